The average molecular weight is 255 g/mol. The minimum atomic E-state index is 0.551. The van der Waals surface area contributed by atoms with Gasteiger partial charge in [-0.1, -0.05) is 43.9 Å². The van der Waals surface area contributed by atoms with E-state index in [0.717, 1.165) is 11.6 Å². The van der Waals surface area contributed by atoms with Crippen LogP contribution in [0.15, 0.2) is 30.3 Å². The molecule has 0 spiro atoms. The maximum Gasteiger partial charge on any atom is 0.145 e. The molecule has 0 bridgehead atoms. The Morgan fingerprint density at radius 2 is 1.84 bits per heavy atom. The van der Waals surface area contributed by atoms with E-state index in [2.05, 4.69) is 34.5 Å². The highest BCUT2D eigenvalue weighted by Crippen LogP contribution is 2.33. The van der Waals surface area contributed by atoms with Crippen LogP contribution >= 0.6 is 0 Å². The van der Waals surface area contributed by atoms with Gasteiger partial charge < -0.3 is 5.73 Å². The zero-order valence-electron chi connectivity index (χ0n) is 11.2. The first kappa shape index (κ1) is 12.3. The molecule has 19 heavy (non-hydrogen) atoms. The third kappa shape index (κ3) is 2.80. The smallest absolute Gasteiger partial charge is 0.145 e. The molecule has 0 aliphatic heterocycles. The zero-order chi connectivity index (χ0) is 13.1. The minimum absolute atomic E-state index is 0.551. The van der Waals surface area contributed by atoms with Crippen molar-refractivity contribution in [2.24, 2.45) is 0 Å². The molecule has 2 aromatic rings. The van der Waals surface area contributed by atoms with Crippen LogP contribution in [0.4, 0.5) is 5.82 Å². The van der Waals surface area contributed by atoms with Gasteiger partial charge in [-0.15, -0.1) is 0 Å². The van der Waals surface area contributed by atoms with Crippen molar-refractivity contribution in [3.63, 3.8) is 0 Å². The van der Waals surface area contributed by atoms with E-state index < -0.39 is 0 Å². The fraction of sp³-hybridized carbons (Fsp3) is 0.438. The fourth-order valence-corrected chi connectivity index (χ4v) is 3.06. The van der Waals surface area contributed by atoms with Crippen molar-refractivity contribution in [3.8, 4) is 11.3 Å². The summed E-state index contributed by atoms with van der Waals surface area (Å²) in [6.45, 7) is 0. The van der Waals surface area contributed by atoms with Crippen LogP contribution in [0.5, 0.6) is 0 Å². The van der Waals surface area contributed by atoms with E-state index in [9.17, 15) is 0 Å². The number of rotatable bonds is 2. The predicted octanol–water partition coefficient (Wildman–Crippen LogP) is 4.10. The van der Waals surface area contributed by atoms with Crippen molar-refractivity contribution in [2.75, 3.05) is 5.73 Å². The molecule has 3 heteroatoms. The first-order valence-corrected chi connectivity index (χ1v) is 7.24. The van der Waals surface area contributed by atoms with Gasteiger partial charge in [-0.3, -0.25) is 5.10 Å². The van der Waals surface area contributed by atoms with Gasteiger partial charge in [-0.25, -0.2) is 0 Å². The molecule has 3 nitrogen and oxygen atoms in total. The lowest BCUT2D eigenvalue weighted by molar-refractivity contribution is 0.593. The Morgan fingerprint density at radius 3 is 2.53 bits per heavy atom. The molecular formula is C16H21N3. The topological polar surface area (TPSA) is 54.7 Å². The number of H-pyrrole nitrogens is 1. The summed E-state index contributed by atoms with van der Waals surface area (Å²) in [5.41, 5.74) is 9.33. The molecule has 0 amide bonds. The first-order chi connectivity index (χ1) is 9.33. The van der Waals surface area contributed by atoms with Crippen molar-refractivity contribution in [3.05, 3.63) is 35.9 Å². The SMILES string of the molecule is Nc1cc(-c2cccc(C3CCCCCC3)c2)[nH]n1. The number of aromatic amines is 1. The molecule has 3 N–H and O–H groups in total. The number of nitrogens with two attached hydrogens (primary N) is 1. The Bertz CT molecular complexity index is 536. The van der Waals surface area contributed by atoms with Crippen LogP contribution in [0.1, 0.15) is 50.0 Å². The number of hydrogen-bond donors (Lipinski definition) is 2. The quantitative estimate of drug-likeness (QED) is 0.794. The van der Waals surface area contributed by atoms with Crippen LogP contribution in [0.25, 0.3) is 11.3 Å². The molecule has 1 heterocycles. The highest BCUT2D eigenvalue weighted by molar-refractivity contribution is 5.62. The summed E-state index contributed by atoms with van der Waals surface area (Å²) in [6.07, 6.45) is 8.18. The first-order valence-electron chi connectivity index (χ1n) is 7.24. The summed E-state index contributed by atoms with van der Waals surface area (Å²) in [4.78, 5) is 0. The summed E-state index contributed by atoms with van der Waals surface area (Å²) < 4.78 is 0. The summed E-state index contributed by atoms with van der Waals surface area (Å²) >= 11 is 0. The van der Waals surface area contributed by atoms with Gasteiger partial charge in [0.1, 0.15) is 5.82 Å². The van der Waals surface area contributed by atoms with Crippen LogP contribution in [0.2, 0.25) is 0 Å². The number of hydrogen-bond acceptors (Lipinski definition) is 2. The molecule has 1 aromatic carbocycles. The molecule has 1 fully saturated rings. The Labute approximate surface area is 114 Å². The van der Waals surface area contributed by atoms with E-state index in [4.69, 9.17) is 5.73 Å². The molecule has 1 aromatic heterocycles. The second kappa shape index (κ2) is 5.47. The monoisotopic (exact) mass is 255 g/mol. The fourth-order valence-electron chi connectivity index (χ4n) is 3.06. The molecular weight excluding hydrogens is 234 g/mol. The largest absolute Gasteiger partial charge is 0.382 e. The Morgan fingerprint density at radius 1 is 1.05 bits per heavy atom. The lowest BCUT2D eigenvalue weighted by atomic mass is 9.90. The third-order valence-electron chi connectivity index (χ3n) is 4.12. The van der Waals surface area contributed by atoms with E-state index in [-0.39, 0.29) is 0 Å². The van der Waals surface area contributed by atoms with Gasteiger partial charge in [0, 0.05) is 6.07 Å². The molecule has 0 saturated heterocycles. The van der Waals surface area contributed by atoms with Gasteiger partial charge in [-0.2, -0.15) is 5.10 Å². The second-order valence-electron chi connectivity index (χ2n) is 5.52. The molecule has 1 saturated carbocycles. The number of anilines is 1. The maximum atomic E-state index is 5.68. The third-order valence-corrected chi connectivity index (χ3v) is 4.12. The summed E-state index contributed by atoms with van der Waals surface area (Å²) in [5.74, 6) is 1.28. The number of nitrogens with zero attached hydrogens (tertiary/aromatic N) is 1. The Balaban J connectivity index is 1.86. The zero-order valence-corrected chi connectivity index (χ0v) is 11.2. The van der Waals surface area contributed by atoms with Gasteiger partial charge in [-0.05, 0) is 36.0 Å². The van der Waals surface area contributed by atoms with Gasteiger partial charge >= 0.3 is 0 Å². The molecule has 0 atom stereocenters. The van der Waals surface area contributed by atoms with Crippen molar-refractivity contribution in [2.45, 2.75) is 44.4 Å². The number of nitrogens with one attached hydrogen (secondary N) is 1. The summed E-state index contributed by atoms with van der Waals surface area (Å²) in [5, 5.41) is 6.99. The maximum absolute atomic E-state index is 5.68. The van der Waals surface area contributed by atoms with Crippen molar-refractivity contribution < 1.29 is 0 Å². The molecule has 1 aliphatic rings. The number of nitrogen functional groups attached to an aromatic ring is 1. The molecule has 3 rings (SSSR count). The predicted molar refractivity (Wildman–Crippen MR) is 78.9 cm³/mol. The van der Waals surface area contributed by atoms with E-state index in [1.165, 1.54) is 49.7 Å². The van der Waals surface area contributed by atoms with Crippen LogP contribution in [0.3, 0.4) is 0 Å². The highest BCUT2D eigenvalue weighted by Gasteiger charge is 2.15. The highest BCUT2D eigenvalue weighted by atomic mass is 15.2. The van der Waals surface area contributed by atoms with Crippen molar-refractivity contribution in [1.82, 2.24) is 10.2 Å². The van der Waals surface area contributed by atoms with Gasteiger partial charge in [0.15, 0.2) is 0 Å². The summed E-state index contributed by atoms with van der Waals surface area (Å²) in [6, 6.07) is 10.7. The van der Waals surface area contributed by atoms with Gasteiger partial charge in [0.2, 0.25) is 0 Å². The summed E-state index contributed by atoms with van der Waals surface area (Å²) in [7, 11) is 0. The molecule has 100 valence electrons. The van der Waals surface area contributed by atoms with Crippen LogP contribution in [-0.2, 0) is 0 Å². The van der Waals surface area contributed by atoms with Crippen LogP contribution < -0.4 is 5.73 Å². The molecule has 0 unspecified atom stereocenters. The Kier molecular flexibility index (Phi) is 3.53. The number of aromatic nitrogens is 2. The number of benzene rings is 1. The van der Waals surface area contributed by atoms with E-state index in [1.54, 1.807) is 0 Å². The lowest BCUT2D eigenvalue weighted by Crippen LogP contribution is -1.97. The van der Waals surface area contributed by atoms with Gasteiger partial charge in [0.05, 0.1) is 5.69 Å². The van der Waals surface area contributed by atoms with E-state index in [0.29, 0.717) is 5.82 Å². The van der Waals surface area contributed by atoms with Crippen LogP contribution in [-0.4, -0.2) is 10.2 Å². The van der Waals surface area contributed by atoms with Crippen molar-refractivity contribution in [1.29, 1.82) is 0 Å². The van der Waals surface area contributed by atoms with Crippen LogP contribution in [0, 0.1) is 0 Å². The van der Waals surface area contributed by atoms with Crippen molar-refractivity contribution >= 4 is 5.82 Å². The average Bonchev–Trinajstić information content (AvgIpc) is 2.71. The minimum Gasteiger partial charge on any atom is -0.382 e. The Hall–Kier alpha value is -1.77. The lowest BCUT2D eigenvalue weighted by Gasteiger charge is -2.15. The molecule has 0 radical (unpaired) electrons. The van der Waals surface area contributed by atoms with E-state index >= 15 is 0 Å². The standard InChI is InChI=1S/C16H21N3/c17-16-11-15(18-19-16)14-9-5-8-13(10-14)12-6-3-1-2-4-7-12/h5,8-12H,1-4,6-7H2,(H3,17,18,19). The van der Waals surface area contributed by atoms with Gasteiger partial charge in [0.25, 0.3) is 0 Å². The second-order valence-corrected chi connectivity index (χ2v) is 5.52. The van der Waals surface area contributed by atoms with E-state index in [1.807, 2.05) is 6.07 Å². The molecule has 1 aliphatic carbocycles. The normalized spacial score (nSPS) is 17.3.